The predicted octanol–water partition coefficient (Wildman–Crippen LogP) is 4.10. The maximum absolute atomic E-state index is 12.3. The first-order valence-corrected chi connectivity index (χ1v) is 7.52. The molecule has 0 heterocycles. The Morgan fingerprint density at radius 2 is 1.76 bits per heavy atom. The third-order valence-corrected chi connectivity index (χ3v) is 3.96. The van der Waals surface area contributed by atoms with E-state index in [-0.39, 0.29) is 11.7 Å². The number of hydrogen-bond acceptors (Lipinski definition) is 2. The Morgan fingerprint density at radius 3 is 2.38 bits per heavy atom. The van der Waals surface area contributed by atoms with Gasteiger partial charge in [0.2, 0.25) is 0 Å². The van der Waals surface area contributed by atoms with Gasteiger partial charge in [0, 0.05) is 10.0 Å². The number of amides is 1. The van der Waals surface area contributed by atoms with E-state index in [1.54, 1.807) is 49.4 Å². The summed E-state index contributed by atoms with van der Waals surface area (Å²) < 4.78 is 0.590. The molecule has 1 atom stereocenters. The molecule has 2 rings (SSSR count). The van der Waals surface area contributed by atoms with Crippen molar-refractivity contribution < 1.29 is 9.59 Å². The molecule has 0 aliphatic rings. The highest BCUT2D eigenvalue weighted by molar-refractivity contribution is 9.10. The van der Waals surface area contributed by atoms with Crippen LogP contribution in [0.15, 0.2) is 53.0 Å². The van der Waals surface area contributed by atoms with Gasteiger partial charge in [-0.1, -0.05) is 48.0 Å². The highest BCUT2D eigenvalue weighted by Crippen LogP contribution is 2.24. The van der Waals surface area contributed by atoms with Gasteiger partial charge in [0.05, 0.1) is 16.6 Å². The maximum Gasteiger partial charge on any atom is 0.254 e. The molecule has 0 saturated heterocycles. The van der Waals surface area contributed by atoms with Gasteiger partial charge in [-0.25, -0.2) is 0 Å². The van der Waals surface area contributed by atoms with Gasteiger partial charge in [0.15, 0.2) is 5.78 Å². The van der Waals surface area contributed by atoms with E-state index >= 15 is 0 Å². The van der Waals surface area contributed by atoms with Crippen LogP contribution in [0.2, 0.25) is 5.02 Å². The molecule has 0 fully saturated rings. The summed E-state index contributed by atoms with van der Waals surface area (Å²) in [5, 5.41) is 3.01. The van der Waals surface area contributed by atoms with E-state index in [0.717, 1.165) is 0 Å². The Bertz CT molecular complexity index is 653. The van der Waals surface area contributed by atoms with Gasteiger partial charge in [-0.05, 0) is 35.0 Å². The van der Waals surface area contributed by atoms with Crippen molar-refractivity contribution in [2.45, 2.75) is 13.0 Å². The summed E-state index contributed by atoms with van der Waals surface area (Å²) in [6.07, 6.45) is 0. The van der Waals surface area contributed by atoms with Crippen LogP contribution in [0.3, 0.4) is 0 Å². The minimum atomic E-state index is -0.636. The molecule has 1 N–H and O–H groups in total. The van der Waals surface area contributed by atoms with Gasteiger partial charge in [-0.15, -0.1) is 0 Å². The summed E-state index contributed by atoms with van der Waals surface area (Å²) in [6.45, 7) is 1.65. The van der Waals surface area contributed by atoms with Crippen molar-refractivity contribution in [1.29, 1.82) is 0 Å². The van der Waals surface area contributed by atoms with E-state index in [2.05, 4.69) is 21.2 Å². The molecule has 2 aromatic carbocycles. The standard InChI is InChI=1S/C16H13BrClNO2/c1-10(15(20)11-6-3-2-4-7-11)19-16(21)14-12(17)8-5-9-13(14)18/h2-10H,1H3,(H,19,21). The number of ketones is 1. The van der Waals surface area contributed by atoms with Crippen LogP contribution in [0.25, 0.3) is 0 Å². The van der Waals surface area contributed by atoms with Gasteiger partial charge < -0.3 is 5.32 Å². The Balaban J connectivity index is 2.15. The summed E-state index contributed by atoms with van der Waals surface area (Å²) in [6, 6.07) is 13.3. The molecule has 1 amide bonds. The number of Topliss-reactive ketones (excluding diaryl/α,β-unsaturated/α-hetero) is 1. The highest BCUT2D eigenvalue weighted by Gasteiger charge is 2.20. The van der Waals surface area contributed by atoms with E-state index < -0.39 is 6.04 Å². The van der Waals surface area contributed by atoms with Crippen molar-refractivity contribution >= 4 is 39.2 Å². The van der Waals surface area contributed by atoms with Crippen LogP contribution in [0, 0.1) is 0 Å². The Kier molecular flexibility index (Phi) is 5.15. The second kappa shape index (κ2) is 6.87. The van der Waals surface area contributed by atoms with E-state index in [1.807, 2.05) is 6.07 Å². The number of benzene rings is 2. The lowest BCUT2D eigenvalue weighted by Crippen LogP contribution is -2.38. The van der Waals surface area contributed by atoms with Gasteiger partial charge in [0.1, 0.15) is 0 Å². The summed E-state index contributed by atoms with van der Waals surface area (Å²) in [7, 11) is 0. The molecule has 0 aliphatic heterocycles. The molecular weight excluding hydrogens is 354 g/mol. The van der Waals surface area contributed by atoms with Crippen LogP contribution in [-0.4, -0.2) is 17.7 Å². The molecular formula is C16H13BrClNO2. The average molecular weight is 367 g/mol. The first-order chi connectivity index (χ1) is 10.0. The van der Waals surface area contributed by atoms with Crippen molar-refractivity contribution in [2.24, 2.45) is 0 Å². The molecule has 1 unspecified atom stereocenters. The van der Waals surface area contributed by atoms with E-state index in [4.69, 9.17) is 11.6 Å². The molecule has 0 saturated carbocycles. The van der Waals surface area contributed by atoms with Crippen molar-refractivity contribution in [3.63, 3.8) is 0 Å². The zero-order valence-electron chi connectivity index (χ0n) is 11.3. The quantitative estimate of drug-likeness (QED) is 0.828. The van der Waals surface area contributed by atoms with Gasteiger partial charge in [-0.2, -0.15) is 0 Å². The van der Waals surface area contributed by atoms with Crippen molar-refractivity contribution in [3.05, 3.63) is 69.2 Å². The second-order valence-corrected chi connectivity index (χ2v) is 5.78. The lowest BCUT2D eigenvalue weighted by atomic mass is 10.1. The molecule has 0 radical (unpaired) electrons. The maximum atomic E-state index is 12.3. The van der Waals surface area contributed by atoms with Crippen LogP contribution in [0.4, 0.5) is 0 Å². The smallest absolute Gasteiger partial charge is 0.254 e. The number of halogens is 2. The van der Waals surface area contributed by atoms with Crippen LogP contribution in [0.1, 0.15) is 27.6 Å². The number of carbonyl (C=O) groups excluding carboxylic acids is 2. The molecule has 0 spiro atoms. The molecule has 21 heavy (non-hydrogen) atoms. The van der Waals surface area contributed by atoms with Crippen LogP contribution in [-0.2, 0) is 0 Å². The fraction of sp³-hybridized carbons (Fsp3) is 0.125. The lowest BCUT2D eigenvalue weighted by molar-refractivity contribution is 0.0865. The van der Waals surface area contributed by atoms with Gasteiger partial charge in [0.25, 0.3) is 5.91 Å². The lowest BCUT2D eigenvalue weighted by Gasteiger charge is -2.14. The zero-order chi connectivity index (χ0) is 15.4. The molecule has 0 bridgehead atoms. The first-order valence-electron chi connectivity index (χ1n) is 6.35. The molecule has 3 nitrogen and oxygen atoms in total. The monoisotopic (exact) mass is 365 g/mol. The van der Waals surface area contributed by atoms with Gasteiger partial charge in [-0.3, -0.25) is 9.59 Å². The van der Waals surface area contributed by atoms with Gasteiger partial charge >= 0.3 is 0 Å². The summed E-state index contributed by atoms with van der Waals surface area (Å²) in [5.74, 6) is -0.531. The topological polar surface area (TPSA) is 46.2 Å². The third-order valence-electron chi connectivity index (χ3n) is 2.99. The van der Waals surface area contributed by atoms with E-state index in [0.29, 0.717) is 20.6 Å². The normalized spacial score (nSPS) is 11.8. The minimum absolute atomic E-state index is 0.146. The first kappa shape index (κ1) is 15.7. The van der Waals surface area contributed by atoms with Crippen molar-refractivity contribution in [2.75, 3.05) is 0 Å². The Labute approximate surface area is 136 Å². The molecule has 5 heteroatoms. The minimum Gasteiger partial charge on any atom is -0.342 e. The average Bonchev–Trinajstić information content (AvgIpc) is 2.47. The van der Waals surface area contributed by atoms with Crippen molar-refractivity contribution in [1.82, 2.24) is 5.32 Å². The predicted molar refractivity (Wildman–Crippen MR) is 86.9 cm³/mol. The van der Waals surface area contributed by atoms with Crippen LogP contribution < -0.4 is 5.32 Å². The Hall–Kier alpha value is -1.65. The van der Waals surface area contributed by atoms with E-state index in [1.165, 1.54) is 0 Å². The number of carbonyl (C=O) groups is 2. The zero-order valence-corrected chi connectivity index (χ0v) is 13.6. The SMILES string of the molecule is CC(NC(=O)c1c(Cl)cccc1Br)C(=O)c1ccccc1. The van der Waals surface area contributed by atoms with Crippen LogP contribution in [0.5, 0.6) is 0 Å². The molecule has 0 aromatic heterocycles. The van der Waals surface area contributed by atoms with Crippen molar-refractivity contribution in [3.8, 4) is 0 Å². The summed E-state index contributed by atoms with van der Waals surface area (Å²) >= 11 is 9.32. The summed E-state index contributed by atoms with van der Waals surface area (Å²) in [5.41, 5.74) is 0.885. The molecule has 2 aromatic rings. The molecule has 0 aliphatic carbocycles. The van der Waals surface area contributed by atoms with E-state index in [9.17, 15) is 9.59 Å². The largest absolute Gasteiger partial charge is 0.342 e. The highest BCUT2D eigenvalue weighted by atomic mass is 79.9. The fourth-order valence-corrected chi connectivity index (χ4v) is 2.82. The number of nitrogens with one attached hydrogen (secondary N) is 1. The van der Waals surface area contributed by atoms with Crippen LogP contribution >= 0.6 is 27.5 Å². The third kappa shape index (κ3) is 3.71. The number of hydrogen-bond donors (Lipinski definition) is 1. The molecule has 108 valence electrons. The Morgan fingerprint density at radius 1 is 1.10 bits per heavy atom. The number of rotatable bonds is 4. The second-order valence-electron chi connectivity index (χ2n) is 4.52. The summed E-state index contributed by atoms with van der Waals surface area (Å²) in [4.78, 5) is 24.5. The fourth-order valence-electron chi connectivity index (χ4n) is 1.90.